The van der Waals surface area contributed by atoms with Gasteiger partial charge in [0.25, 0.3) is 5.91 Å². The first-order chi connectivity index (χ1) is 14.1. The number of para-hydroxylation sites is 2. The highest BCUT2D eigenvalue weighted by atomic mass is 16.5. The number of anilines is 2. The number of hydrogen-bond acceptors (Lipinski definition) is 4. The summed E-state index contributed by atoms with van der Waals surface area (Å²) in [5.74, 6) is 0.357. The molecule has 2 amide bonds. The van der Waals surface area contributed by atoms with Gasteiger partial charge in [-0.3, -0.25) is 14.5 Å². The third-order valence-corrected chi connectivity index (χ3v) is 5.34. The van der Waals surface area contributed by atoms with Crippen molar-refractivity contribution >= 4 is 23.2 Å². The molecular weight excluding hydrogens is 366 g/mol. The van der Waals surface area contributed by atoms with E-state index in [-0.39, 0.29) is 17.9 Å². The zero-order valence-electron chi connectivity index (χ0n) is 17.1. The second-order valence-corrected chi connectivity index (χ2v) is 7.35. The van der Waals surface area contributed by atoms with Crippen LogP contribution in [0.2, 0.25) is 0 Å². The maximum absolute atomic E-state index is 12.6. The molecule has 29 heavy (non-hydrogen) atoms. The number of rotatable bonds is 6. The van der Waals surface area contributed by atoms with Gasteiger partial charge in [0.1, 0.15) is 5.75 Å². The lowest BCUT2D eigenvalue weighted by atomic mass is 10.1. The van der Waals surface area contributed by atoms with Gasteiger partial charge in [-0.2, -0.15) is 0 Å². The van der Waals surface area contributed by atoms with E-state index >= 15 is 0 Å². The molecule has 2 aromatic rings. The molecular formula is C23H29N3O3. The molecule has 0 saturated carbocycles. The molecule has 3 rings (SSSR count). The molecule has 2 aromatic carbocycles. The number of carbonyl (C=O) groups excluding carboxylic acids is 2. The Morgan fingerprint density at radius 2 is 1.59 bits per heavy atom. The first-order valence-corrected chi connectivity index (χ1v) is 10.2. The molecule has 2 N–H and O–H groups in total. The number of carbonyl (C=O) groups is 2. The summed E-state index contributed by atoms with van der Waals surface area (Å²) in [7, 11) is 1.56. The average Bonchev–Trinajstić information content (AvgIpc) is 3.03. The highest BCUT2D eigenvalue weighted by Gasteiger charge is 2.22. The number of methoxy groups -OCH3 is 1. The minimum absolute atomic E-state index is 0.0156. The van der Waals surface area contributed by atoms with Crippen LogP contribution in [0.4, 0.5) is 11.4 Å². The van der Waals surface area contributed by atoms with Crippen LogP contribution in [0.25, 0.3) is 0 Å². The lowest BCUT2D eigenvalue weighted by Gasteiger charge is -2.26. The van der Waals surface area contributed by atoms with Crippen LogP contribution < -0.4 is 15.4 Å². The van der Waals surface area contributed by atoms with Gasteiger partial charge in [0.05, 0.1) is 18.8 Å². The van der Waals surface area contributed by atoms with Crippen molar-refractivity contribution in [2.45, 2.75) is 38.6 Å². The van der Waals surface area contributed by atoms with Gasteiger partial charge in [-0.15, -0.1) is 0 Å². The van der Waals surface area contributed by atoms with Crippen LogP contribution in [0.15, 0.2) is 48.5 Å². The van der Waals surface area contributed by atoms with Gasteiger partial charge < -0.3 is 15.4 Å². The van der Waals surface area contributed by atoms with E-state index in [9.17, 15) is 9.59 Å². The fraction of sp³-hybridized carbons (Fsp3) is 0.391. The number of ether oxygens (including phenoxy) is 1. The van der Waals surface area contributed by atoms with Gasteiger partial charge in [0, 0.05) is 11.3 Å². The first kappa shape index (κ1) is 20.9. The number of nitrogens with one attached hydrogen (secondary N) is 2. The average molecular weight is 396 g/mol. The Kier molecular flexibility index (Phi) is 7.25. The van der Waals surface area contributed by atoms with E-state index in [2.05, 4.69) is 15.5 Å². The number of benzene rings is 2. The van der Waals surface area contributed by atoms with Crippen molar-refractivity contribution in [3.8, 4) is 5.75 Å². The summed E-state index contributed by atoms with van der Waals surface area (Å²) in [6.45, 7) is 3.89. The Morgan fingerprint density at radius 3 is 2.24 bits per heavy atom. The summed E-state index contributed by atoms with van der Waals surface area (Å²) in [6, 6.07) is 14.0. The molecule has 0 unspecified atom stereocenters. The van der Waals surface area contributed by atoms with E-state index in [1.807, 2.05) is 19.1 Å². The fourth-order valence-electron chi connectivity index (χ4n) is 3.54. The quantitative estimate of drug-likeness (QED) is 0.771. The third kappa shape index (κ3) is 5.57. The van der Waals surface area contributed by atoms with Gasteiger partial charge >= 0.3 is 0 Å². The van der Waals surface area contributed by atoms with Crippen molar-refractivity contribution in [2.75, 3.05) is 30.8 Å². The molecule has 0 radical (unpaired) electrons. The van der Waals surface area contributed by atoms with E-state index in [0.717, 1.165) is 25.9 Å². The second kappa shape index (κ2) is 10.1. The molecule has 154 valence electrons. The smallest absolute Gasteiger partial charge is 0.255 e. The summed E-state index contributed by atoms with van der Waals surface area (Å²) < 4.78 is 5.26. The molecule has 0 bridgehead atoms. The van der Waals surface area contributed by atoms with Crippen molar-refractivity contribution in [3.63, 3.8) is 0 Å². The van der Waals surface area contributed by atoms with Crippen LogP contribution in [0, 0.1) is 0 Å². The molecule has 1 saturated heterocycles. The normalized spacial score (nSPS) is 15.8. The summed E-state index contributed by atoms with van der Waals surface area (Å²) >= 11 is 0. The van der Waals surface area contributed by atoms with Crippen LogP contribution in [-0.2, 0) is 4.79 Å². The van der Waals surface area contributed by atoms with E-state index < -0.39 is 0 Å². The van der Waals surface area contributed by atoms with Crippen LogP contribution >= 0.6 is 0 Å². The molecule has 1 fully saturated rings. The molecule has 0 aromatic heterocycles. The zero-order valence-corrected chi connectivity index (χ0v) is 17.1. The van der Waals surface area contributed by atoms with E-state index in [0.29, 0.717) is 22.7 Å². The van der Waals surface area contributed by atoms with Crippen molar-refractivity contribution in [1.29, 1.82) is 0 Å². The number of hydrogen-bond donors (Lipinski definition) is 2. The Morgan fingerprint density at radius 1 is 0.931 bits per heavy atom. The van der Waals surface area contributed by atoms with Gasteiger partial charge in [-0.1, -0.05) is 25.0 Å². The molecule has 0 aliphatic carbocycles. The fourth-order valence-corrected chi connectivity index (χ4v) is 3.54. The molecule has 6 nitrogen and oxygen atoms in total. The number of likely N-dealkylation sites (tertiary alicyclic amines) is 1. The Hall–Kier alpha value is -2.86. The van der Waals surface area contributed by atoms with E-state index in [1.54, 1.807) is 43.5 Å². The van der Waals surface area contributed by atoms with Crippen LogP contribution in [-0.4, -0.2) is 43.0 Å². The second-order valence-electron chi connectivity index (χ2n) is 7.35. The standard InChI is InChI=1S/C23H29N3O3/c1-17(26-15-7-3-4-8-16-26)22(27)24-19-13-11-18(12-14-19)23(28)25-20-9-5-6-10-21(20)29-2/h5-6,9-14,17H,3-4,7-8,15-16H2,1-2H3,(H,24,27)(H,25,28)/t17-/m0/s1. The topological polar surface area (TPSA) is 70.7 Å². The minimum Gasteiger partial charge on any atom is -0.495 e. The molecule has 1 heterocycles. The van der Waals surface area contributed by atoms with Crippen LogP contribution in [0.5, 0.6) is 5.75 Å². The first-order valence-electron chi connectivity index (χ1n) is 10.2. The van der Waals surface area contributed by atoms with Crippen molar-refractivity contribution in [2.24, 2.45) is 0 Å². The van der Waals surface area contributed by atoms with Crippen LogP contribution in [0.1, 0.15) is 43.0 Å². The predicted octanol–water partition coefficient (Wildman–Crippen LogP) is 4.15. The third-order valence-electron chi connectivity index (χ3n) is 5.34. The van der Waals surface area contributed by atoms with Crippen LogP contribution in [0.3, 0.4) is 0 Å². The number of nitrogens with zero attached hydrogens (tertiary/aromatic N) is 1. The van der Waals surface area contributed by atoms with Crippen molar-refractivity contribution in [3.05, 3.63) is 54.1 Å². The lowest BCUT2D eigenvalue weighted by Crippen LogP contribution is -2.42. The highest BCUT2D eigenvalue weighted by Crippen LogP contribution is 2.24. The monoisotopic (exact) mass is 395 g/mol. The summed E-state index contributed by atoms with van der Waals surface area (Å²) in [4.78, 5) is 27.4. The number of amides is 2. The summed E-state index contributed by atoms with van der Waals surface area (Å²) in [5, 5.41) is 5.81. The molecule has 0 spiro atoms. The lowest BCUT2D eigenvalue weighted by molar-refractivity contribution is -0.120. The molecule has 1 atom stereocenters. The Bertz CT molecular complexity index is 828. The molecule has 6 heteroatoms. The minimum atomic E-state index is -0.231. The van der Waals surface area contributed by atoms with Gasteiger partial charge in [-0.05, 0) is 69.3 Å². The van der Waals surface area contributed by atoms with Crippen molar-refractivity contribution < 1.29 is 14.3 Å². The molecule has 1 aliphatic heterocycles. The zero-order chi connectivity index (χ0) is 20.6. The van der Waals surface area contributed by atoms with Gasteiger partial charge in [-0.25, -0.2) is 0 Å². The maximum atomic E-state index is 12.6. The van der Waals surface area contributed by atoms with E-state index in [1.165, 1.54) is 12.8 Å². The van der Waals surface area contributed by atoms with Gasteiger partial charge in [0.15, 0.2) is 0 Å². The maximum Gasteiger partial charge on any atom is 0.255 e. The SMILES string of the molecule is COc1ccccc1NC(=O)c1ccc(NC(=O)[C@H](C)N2CCCCCC2)cc1. The largest absolute Gasteiger partial charge is 0.495 e. The Labute approximate surface area is 172 Å². The van der Waals surface area contributed by atoms with Gasteiger partial charge in [0.2, 0.25) is 5.91 Å². The summed E-state index contributed by atoms with van der Waals surface area (Å²) in [6.07, 6.45) is 4.77. The highest BCUT2D eigenvalue weighted by molar-refractivity contribution is 6.05. The van der Waals surface area contributed by atoms with Crippen molar-refractivity contribution in [1.82, 2.24) is 4.90 Å². The summed E-state index contributed by atoms with van der Waals surface area (Å²) in [5.41, 5.74) is 1.81. The Balaban J connectivity index is 1.59. The molecule has 1 aliphatic rings. The predicted molar refractivity (Wildman–Crippen MR) is 116 cm³/mol. The van der Waals surface area contributed by atoms with E-state index in [4.69, 9.17) is 4.74 Å².